The van der Waals surface area contributed by atoms with Crippen LogP contribution in [0.5, 0.6) is 0 Å². The predicted molar refractivity (Wildman–Crippen MR) is 91.4 cm³/mol. The molecule has 0 bridgehead atoms. The van der Waals surface area contributed by atoms with Crippen molar-refractivity contribution in [2.75, 3.05) is 13.1 Å². The molecule has 0 atom stereocenters. The number of piperidine rings is 1. The summed E-state index contributed by atoms with van der Waals surface area (Å²) in [7, 11) is 0. The van der Waals surface area contributed by atoms with Crippen molar-refractivity contribution in [3.8, 4) is 0 Å². The van der Waals surface area contributed by atoms with E-state index in [1.807, 2.05) is 0 Å². The second-order valence-electron chi connectivity index (χ2n) is 6.63. The molecule has 1 aliphatic heterocycles. The van der Waals surface area contributed by atoms with Crippen molar-refractivity contribution in [1.29, 1.82) is 0 Å². The fourth-order valence-electron chi connectivity index (χ4n) is 3.53. The van der Waals surface area contributed by atoms with Gasteiger partial charge in [0.05, 0.1) is 13.1 Å². The Kier molecular flexibility index (Phi) is 5.82. The third-order valence-electron chi connectivity index (χ3n) is 4.86. The summed E-state index contributed by atoms with van der Waals surface area (Å²) >= 11 is 0. The lowest BCUT2D eigenvalue weighted by molar-refractivity contribution is -0.00000451. The van der Waals surface area contributed by atoms with Crippen LogP contribution in [-0.2, 0) is 6.54 Å². The SMILES string of the molecule is Cc1ccc(C[N+]2(c3ccc(C)cc3)CCCCC2)cc1.[Br-]. The van der Waals surface area contributed by atoms with Gasteiger partial charge in [-0.25, -0.2) is 0 Å². The zero-order chi connectivity index (χ0) is 14.7. The Balaban J connectivity index is 0.00000176. The zero-order valence-corrected chi connectivity index (χ0v) is 15.3. The second-order valence-corrected chi connectivity index (χ2v) is 6.63. The molecular weight excluding hydrogens is 334 g/mol. The van der Waals surface area contributed by atoms with E-state index in [0.717, 1.165) is 11.0 Å². The number of hydrogen-bond acceptors (Lipinski definition) is 0. The summed E-state index contributed by atoms with van der Waals surface area (Å²) in [5.74, 6) is 0. The third-order valence-corrected chi connectivity index (χ3v) is 4.86. The van der Waals surface area contributed by atoms with Gasteiger partial charge < -0.3 is 17.0 Å². The Labute approximate surface area is 145 Å². The minimum atomic E-state index is 0. The molecule has 0 aromatic heterocycles. The zero-order valence-electron chi connectivity index (χ0n) is 13.7. The summed E-state index contributed by atoms with van der Waals surface area (Å²) in [6.07, 6.45) is 4.08. The smallest absolute Gasteiger partial charge is 0.133 e. The molecule has 3 rings (SSSR count). The quantitative estimate of drug-likeness (QED) is 0.735. The largest absolute Gasteiger partial charge is 1.00 e. The van der Waals surface area contributed by atoms with Gasteiger partial charge in [0.2, 0.25) is 0 Å². The van der Waals surface area contributed by atoms with E-state index in [1.165, 1.54) is 54.7 Å². The molecule has 0 saturated carbocycles. The Morgan fingerprint density at radius 1 is 0.727 bits per heavy atom. The molecule has 0 spiro atoms. The molecule has 2 heteroatoms. The fourth-order valence-corrected chi connectivity index (χ4v) is 3.53. The first kappa shape index (κ1) is 17.2. The lowest BCUT2D eigenvalue weighted by Crippen LogP contribution is -3.00. The lowest BCUT2D eigenvalue weighted by atomic mass is 10.0. The molecule has 0 aliphatic carbocycles. The standard InChI is InChI=1S/C20H26N.BrH/c1-17-6-10-19(11-7-17)16-21(14-4-3-5-15-21)20-12-8-18(2)9-13-20;/h6-13H,3-5,14-16H2,1-2H3;1H/q+1;/p-1. The van der Waals surface area contributed by atoms with E-state index < -0.39 is 0 Å². The van der Waals surface area contributed by atoms with Gasteiger partial charge >= 0.3 is 0 Å². The van der Waals surface area contributed by atoms with Gasteiger partial charge in [0.1, 0.15) is 12.2 Å². The molecule has 0 radical (unpaired) electrons. The summed E-state index contributed by atoms with van der Waals surface area (Å²) in [4.78, 5) is 0. The predicted octanol–water partition coefficient (Wildman–Crippen LogP) is 2.00. The van der Waals surface area contributed by atoms with Gasteiger partial charge in [-0.2, -0.15) is 0 Å². The second kappa shape index (κ2) is 7.43. The number of rotatable bonds is 3. The van der Waals surface area contributed by atoms with E-state index in [-0.39, 0.29) is 17.0 Å². The van der Waals surface area contributed by atoms with Crippen molar-refractivity contribution < 1.29 is 17.0 Å². The van der Waals surface area contributed by atoms with Crippen molar-refractivity contribution in [2.45, 2.75) is 39.7 Å². The first-order valence-corrected chi connectivity index (χ1v) is 8.17. The summed E-state index contributed by atoms with van der Waals surface area (Å²) in [6.45, 7) is 8.01. The summed E-state index contributed by atoms with van der Waals surface area (Å²) < 4.78 is 1.13. The van der Waals surface area contributed by atoms with Crippen LogP contribution in [0.1, 0.15) is 36.0 Å². The van der Waals surface area contributed by atoms with Crippen LogP contribution >= 0.6 is 0 Å². The third kappa shape index (κ3) is 3.80. The summed E-state index contributed by atoms with van der Waals surface area (Å²) in [5.41, 5.74) is 5.65. The molecule has 22 heavy (non-hydrogen) atoms. The highest BCUT2D eigenvalue weighted by Crippen LogP contribution is 2.31. The molecule has 2 aromatic rings. The molecular formula is C20H26BrN. The van der Waals surface area contributed by atoms with E-state index in [0.29, 0.717) is 0 Å². The normalized spacial score (nSPS) is 16.8. The molecule has 1 heterocycles. The van der Waals surface area contributed by atoms with Gasteiger partial charge in [-0.3, -0.25) is 4.48 Å². The van der Waals surface area contributed by atoms with E-state index >= 15 is 0 Å². The highest BCUT2D eigenvalue weighted by Gasteiger charge is 2.32. The number of nitrogens with zero attached hydrogens (tertiary/aromatic N) is 1. The highest BCUT2D eigenvalue weighted by atomic mass is 79.9. The van der Waals surface area contributed by atoms with Crippen LogP contribution < -0.4 is 21.5 Å². The number of hydrogen-bond donors (Lipinski definition) is 0. The van der Waals surface area contributed by atoms with Gasteiger partial charge in [0, 0.05) is 5.56 Å². The van der Waals surface area contributed by atoms with Crippen LogP contribution in [0.4, 0.5) is 5.69 Å². The topological polar surface area (TPSA) is 0 Å². The minimum absolute atomic E-state index is 0. The van der Waals surface area contributed by atoms with E-state index in [9.17, 15) is 0 Å². The Morgan fingerprint density at radius 3 is 1.77 bits per heavy atom. The minimum Gasteiger partial charge on any atom is -1.00 e. The van der Waals surface area contributed by atoms with Crippen LogP contribution in [0.15, 0.2) is 48.5 Å². The van der Waals surface area contributed by atoms with Crippen molar-refractivity contribution in [3.63, 3.8) is 0 Å². The molecule has 118 valence electrons. The number of aryl methyl sites for hydroxylation is 2. The number of likely N-dealkylation sites (tertiary alicyclic amines) is 1. The number of quaternary nitrogens is 1. The highest BCUT2D eigenvalue weighted by molar-refractivity contribution is 5.45. The van der Waals surface area contributed by atoms with Crippen molar-refractivity contribution >= 4 is 5.69 Å². The Hall–Kier alpha value is -1.12. The molecule has 2 aromatic carbocycles. The molecule has 0 unspecified atom stereocenters. The average molecular weight is 360 g/mol. The monoisotopic (exact) mass is 359 g/mol. The van der Waals surface area contributed by atoms with Crippen molar-refractivity contribution in [1.82, 2.24) is 4.48 Å². The maximum Gasteiger partial charge on any atom is 0.133 e. The fraction of sp³-hybridized carbons (Fsp3) is 0.400. The van der Waals surface area contributed by atoms with Crippen LogP contribution in [0.25, 0.3) is 0 Å². The molecule has 1 fully saturated rings. The van der Waals surface area contributed by atoms with Crippen LogP contribution in [0.2, 0.25) is 0 Å². The molecule has 0 amide bonds. The first-order valence-electron chi connectivity index (χ1n) is 8.17. The Morgan fingerprint density at radius 2 is 1.23 bits per heavy atom. The summed E-state index contributed by atoms with van der Waals surface area (Å²) in [5, 5.41) is 0. The van der Waals surface area contributed by atoms with Crippen molar-refractivity contribution in [3.05, 3.63) is 65.2 Å². The first-order chi connectivity index (χ1) is 10.2. The van der Waals surface area contributed by atoms with Crippen LogP contribution in [-0.4, -0.2) is 13.1 Å². The lowest BCUT2D eigenvalue weighted by Gasteiger charge is -2.41. The van der Waals surface area contributed by atoms with Gasteiger partial charge in [-0.05, 0) is 45.2 Å². The maximum absolute atomic E-state index is 2.34. The van der Waals surface area contributed by atoms with Gasteiger partial charge in [-0.1, -0.05) is 47.5 Å². The van der Waals surface area contributed by atoms with E-state index in [2.05, 4.69) is 62.4 Å². The molecule has 1 saturated heterocycles. The molecule has 1 aliphatic rings. The van der Waals surface area contributed by atoms with E-state index in [1.54, 1.807) is 0 Å². The van der Waals surface area contributed by atoms with Crippen molar-refractivity contribution in [2.24, 2.45) is 0 Å². The van der Waals surface area contributed by atoms with Crippen LogP contribution in [0, 0.1) is 13.8 Å². The average Bonchev–Trinajstić information content (AvgIpc) is 2.51. The Bertz CT molecular complexity index is 580. The molecule has 1 nitrogen and oxygen atoms in total. The van der Waals surface area contributed by atoms with Gasteiger partial charge in [-0.15, -0.1) is 0 Å². The maximum atomic E-state index is 2.34. The van der Waals surface area contributed by atoms with E-state index in [4.69, 9.17) is 0 Å². The van der Waals surface area contributed by atoms with Gasteiger partial charge in [0.25, 0.3) is 0 Å². The summed E-state index contributed by atoms with van der Waals surface area (Å²) in [6, 6.07) is 18.3. The molecule has 0 N–H and O–H groups in total. The number of benzene rings is 2. The number of halogens is 1. The van der Waals surface area contributed by atoms with Gasteiger partial charge in [0.15, 0.2) is 0 Å². The van der Waals surface area contributed by atoms with Crippen LogP contribution in [0.3, 0.4) is 0 Å².